The zero-order valence-electron chi connectivity index (χ0n) is 14.3. The maximum absolute atomic E-state index is 12.8. The van der Waals surface area contributed by atoms with E-state index in [1.54, 1.807) is 4.90 Å². The van der Waals surface area contributed by atoms with Crippen molar-refractivity contribution in [3.63, 3.8) is 0 Å². The van der Waals surface area contributed by atoms with Gasteiger partial charge in [0, 0.05) is 0 Å². The van der Waals surface area contributed by atoms with Crippen LogP contribution in [0.25, 0.3) is 0 Å². The minimum atomic E-state index is 0.129. The molecule has 5 heteroatoms. The van der Waals surface area contributed by atoms with Crippen molar-refractivity contribution in [2.24, 2.45) is 0 Å². The average Bonchev–Trinajstić information content (AvgIpc) is 2.90. The van der Waals surface area contributed by atoms with Crippen LogP contribution >= 0.6 is 11.8 Å². The van der Waals surface area contributed by atoms with Crippen LogP contribution in [0.3, 0.4) is 0 Å². The Labute approximate surface area is 143 Å². The number of aryl methyl sites for hydroxylation is 1. The number of thioether (sulfide) groups is 1. The van der Waals surface area contributed by atoms with Crippen molar-refractivity contribution in [2.75, 3.05) is 39.3 Å². The van der Waals surface area contributed by atoms with Crippen molar-refractivity contribution in [3.8, 4) is 0 Å². The molecule has 2 fully saturated rings. The van der Waals surface area contributed by atoms with Crippen LogP contribution in [0.5, 0.6) is 0 Å². The predicted octanol–water partition coefficient (Wildman–Crippen LogP) is -0.190. The molecule has 0 unspecified atom stereocenters. The summed E-state index contributed by atoms with van der Waals surface area (Å²) >= 11 is 1.84. The Morgan fingerprint density at radius 3 is 2.74 bits per heavy atom. The number of rotatable bonds is 5. The minimum absolute atomic E-state index is 0.129. The van der Waals surface area contributed by atoms with E-state index in [0.717, 1.165) is 19.5 Å². The molecule has 3 rings (SSSR count). The van der Waals surface area contributed by atoms with Crippen LogP contribution in [0.2, 0.25) is 0 Å². The van der Waals surface area contributed by atoms with E-state index in [0.29, 0.717) is 5.91 Å². The molecular weight excluding hydrogens is 306 g/mol. The minimum Gasteiger partial charge on any atom is -0.337 e. The van der Waals surface area contributed by atoms with Crippen LogP contribution in [0.1, 0.15) is 29.8 Å². The number of piperazine rings is 1. The molecule has 1 amide bonds. The van der Waals surface area contributed by atoms with Crippen LogP contribution in [-0.4, -0.2) is 55.3 Å². The molecule has 0 aromatic heterocycles. The zero-order valence-corrected chi connectivity index (χ0v) is 15.1. The Morgan fingerprint density at radius 1 is 1.30 bits per heavy atom. The summed E-state index contributed by atoms with van der Waals surface area (Å²) in [6.45, 7) is 11.1. The first-order valence-corrected chi connectivity index (χ1v) is 9.81. The van der Waals surface area contributed by atoms with Gasteiger partial charge in [-0.2, -0.15) is 0 Å². The molecule has 4 nitrogen and oxygen atoms in total. The van der Waals surface area contributed by atoms with E-state index in [-0.39, 0.29) is 10.6 Å². The standard InChI is InChI=1S/C18H27N3OS/c1-3-16-17(22)21(13-12-20-10-8-19-9-11-20)18(23-16)15-7-5-4-6-14(15)2/h4-7,16,18-19H,3,8-13H2,1-2H3/p+2/t16-,18-/m1/s1. The van der Waals surface area contributed by atoms with Gasteiger partial charge in [-0.15, -0.1) is 11.8 Å². The number of nitrogens with two attached hydrogens (primary N) is 1. The first-order valence-electron chi connectivity index (χ1n) is 8.87. The molecule has 1 aromatic carbocycles. The lowest BCUT2D eigenvalue weighted by Gasteiger charge is -2.28. The number of hydrogen-bond acceptors (Lipinski definition) is 2. The second-order valence-corrected chi connectivity index (χ2v) is 7.93. The van der Waals surface area contributed by atoms with Crippen molar-refractivity contribution in [2.45, 2.75) is 30.9 Å². The highest BCUT2D eigenvalue weighted by Gasteiger charge is 2.40. The monoisotopic (exact) mass is 335 g/mol. The molecule has 0 saturated carbocycles. The van der Waals surface area contributed by atoms with Crippen LogP contribution in [0.4, 0.5) is 0 Å². The smallest absolute Gasteiger partial charge is 0.237 e. The maximum Gasteiger partial charge on any atom is 0.237 e. The van der Waals surface area contributed by atoms with Gasteiger partial charge in [0.2, 0.25) is 5.91 Å². The Morgan fingerprint density at radius 2 is 2.04 bits per heavy atom. The summed E-state index contributed by atoms with van der Waals surface area (Å²) in [5, 5.41) is 2.72. The second-order valence-electron chi connectivity index (χ2n) is 6.64. The third kappa shape index (κ3) is 3.73. The van der Waals surface area contributed by atoms with Gasteiger partial charge in [-0.3, -0.25) is 4.79 Å². The number of carbonyl (C=O) groups is 1. The largest absolute Gasteiger partial charge is 0.337 e. The second kappa shape index (κ2) is 7.69. The van der Waals surface area contributed by atoms with Gasteiger partial charge >= 0.3 is 0 Å². The highest BCUT2D eigenvalue weighted by molar-refractivity contribution is 8.01. The molecule has 23 heavy (non-hydrogen) atoms. The molecule has 126 valence electrons. The SMILES string of the molecule is CC[C@H]1S[C@H](c2ccccc2C)N(CC[NH+]2CC[NH2+]CC2)C1=O. The summed E-state index contributed by atoms with van der Waals surface area (Å²) in [5.74, 6) is 0.341. The fourth-order valence-electron chi connectivity index (χ4n) is 3.60. The van der Waals surface area contributed by atoms with Crippen LogP contribution in [0.15, 0.2) is 24.3 Å². The number of quaternary nitrogens is 2. The number of benzene rings is 1. The Hall–Kier alpha value is -1.04. The van der Waals surface area contributed by atoms with E-state index in [2.05, 4.69) is 48.3 Å². The van der Waals surface area contributed by atoms with Crippen LogP contribution in [0, 0.1) is 6.92 Å². The summed E-state index contributed by atoms with van der Waals surface area (Å²) in [6.07, 6.45) is 0.925. The highest BCUT2D eigenvalue weighted by Crippen LogP contribution is 2.44. The number of nitrogens with zero attached hydrogens (tertiary/aromatic N) is 1. The van der Waals surface area contributed by atoms with Crippen LogP contribution in [-0.2, 0) is 4.79 Å². The van der Waals surface area contributed by atoms with E-state index >= 15 is 0 Å². The van der Waals surface area contributed by atoms with Gasteiger partial charge in [0.05, 0.1) is 18.3 Å². The molecule has 1 aromatic rings. The zero-order chi connectivity index (χ0) is 16.2. The molecule has 3 N–H and O–H groups in total. The summed E-state index contributed by atoms with van der Waals surface area (Å²) in [5.41, 5.74) is 2.60. The summed E-state index contributed by atoms with van der Waals surface area (Å²) in [6, 6.07) is 8.52. The molecule has 0 bridgehead atoms. The molecular formula is C18H29N3OS+2. The number of carbonyl (C=O) groups excluding carboxylic acids is 1. The van der Waals surface area contributed by atoms with E-state index in [1.807, 2.05) is 11.8 Å². The first-order chi connectivity index (χ1) is 11.2. The lowest BCUT2D eigenvalue weighted by molar-refractivity contribution is -0.946. The Bertz CT molecular complexity index is 545. The molecule has 2 atom stereocenters. The summed E-state index contributed by atoms with van der Waals surface area (Å²) in [7, 11) is 0. The summed E-state index contributed by atoms with van der Waals surface area (Å²) in [4.78, 5) is 16.6. The van der Waals surface area contributed by atoms with Gasteiger partial charge in [-0.05, 0) is 24.5 Å². The van der Waals surface area contributed by atoms with Gasteiger partial charge in [-0.1, -0.05) is 31.2 Å². The lowest BCUT2D eigenvalue weighted by atomic mass is 10.1. The van der Waals surface area contributed by atoms with E-state index < -0.39 is 0 Å². The molecule has 2 saturated heterocycles. The summed E-state index contributed by atoms with van der Waals surface area (Å²) < 4.78 is 0. The van der Waals surface area contributed by atoms with E-state index in [4.69, 9.17) is 0 Å². The quantitative estimate of drug-likeness (QED) is 0.783. The normalized spacial score (nSPS) is 26.0. The molecule has 0 aliphatic carbocycles. The lowest BCUT2D eigenvalue weighted by Crippen LogP contribution is -3.20. The van der Waals surface area contributed by atoms with Gasteiger partial charge in [0.15, 0.2) is 0 Å². The molecule has 0 radical (unpaired) electrons. The fraction of sp³-hybridized carbons (Fsp3) is 0.611. The van der Waals surface area contributed by atoms with E-state index in [9.17, 15) is 4.79 Å². The number of amides is 1. The first kappa shape index (κ1) is 16.8. The van der Waals surface area contributed by atoms with Crippen molar-refractivity contribution >= 4 is 17.7 Å². The van der Waals surface area contributed by atoms with Gasteiger partial charge in [0.25, 0.3) is 0 Å². The van der Waals surface area contributed by atoms with Crippen molar-refractivity contribution in [1.29, 1.82) is 0 Å². The number of nitrogens with one attached hydrogen (secondary N) is 1. The Balaban J connectivity index is 1.73. The van der Waals surface area contributed by atoms with Gasteiger partial charge in [0.1, 0.15) is 31.6 Å². The third-order valence-corrected chi connectivity index (χ3v) is 6.70. The average molecular weight is 336 g/mol. The molecule has 0 spiro atoms. The molecule has 2 heterocycles. The maximum atomic E-state index is 12.8. The fourth-order valence-corrected chi connectivity index (χ4v) is 5.12. The van der Waals surface area contributed by atoms with Crippen molar-refractivity contribution in [1.82, 2.24) is 4.90 Å². The molecule has 2 aliphatic rings. The highest BCUT2D eigenvalue weighted by atomic mass is 32.2. The topological polar surface area (TPSA) is 41.4 Å². The predicted molar refractivity (Wildman–Crippen MR) is 94.5 cm³/mol. The van der Waals surface area contributed by atoms with Crippen molar-refractivity contribution < 1.29 is 15.0 Å². The third-order valence-electron chi connectivity index (χ3n) is 5.07. The van der Waals surface area contributed by atoms with Gasteiger partial charge < -0.3 is 15.1 Å². The van der Waals surface area contributed by atoms with Crippen LogP contribution < -0.4 is 10.2 Å². The number of hydrogen-bond donors (Lipinski definition) is 2. The Kier molecular flexibility index (Phi) is 5.62. The van der Waals surface area contributed by atoms with Crippen molar-refractivity contribution in [3.05, 3.63) is 35.4 Å². The molecule has 2 aliphatic heterocycles. The van der Waals surface area contributed by atoms with E-state index in [1.165, 1.54) is 37.3 Å². The van der Waals surface area contributed by atoms with Gasteiger partial charge in [-0.25, -0.2) is 0 Å².